The van der Waals surface area contributed by atoms with E-state index in [1.165, 1.54) is 0 Å². The number of ether oxygens (including phenoxy) is 1. The molecule has 0 bridgehead atoms. The number of nitrogens with two attached hydrogens (primary N) is 1. The van der Waals surface area contributed by atoms with Gasteiger partial charge in [-0.15, -0.1) is 0 Å². The summed E-state index contributed by atoms with van der Waals surface area (Å²) in [6, 6.07) is 0. The fourth-order valence-corrected chi connectivity index (χ4v) is 4.07. The Morgan fingerprint density at radius 3 is 2.72 bits per heavy atom. The van der Waals surface area contributed by atoms with Gasteiger partial charge in [-0.2, -0.15) is 4.98 Å². The summed E-state index contributed by atoms with van der Waals surface area (Å²) in [5.41, 5.74) is 5.22. The maximum atomic E-state index is 10.9. The first-order valence-corrected chi connectivity index (χ1v) is 10.3. The smallest absolute Gasteiger partial charge is 0.224 e. The van der Waals surface area contributed by atoms with Gasteiger partial charge >= 0.3 is 0 Å². The first-order chi connectivity index (χ1) is 13.8. The van der Waals surface area contributed by atoms with E-state index in [2.05, 4.69) is 25.5 Å². The van der Waals surface area contributed by atoms with E-state index in [1.807, 2.05) is 0 Å². The van der Waals surface area contributed by atoms with Crippen LogP contribution in [-0.2, 0) is 4.74 Å². The van der Waals surface area contributed by atoms with E-state index < -0.39 is 17.7 Å². The molecule has 2 aliphatic rings. The van der Waals surface area contributed by atoms with Gasteiger partial charge in [0.05, 0.1) is 24.5 Å². The number of aliphatic hydroxyl groups excluding tert-OH is 2. The lowest BCUT2D eigenvalue weighted by Crippen LogP contribution is -2.48. The van der Waals surface area contributed by atoms with E-state index in [0.29, 0.717) is 30.2 Å². The van der Waals surface area contributed by atoms with Crippen molar-refractivity contribution in [1.29, 1.82) is 0 Å². The summed E-state index contributed by atoms with van der Waals surface area (Å²) < 4.78 is 5.35. The number of hydrogen-bond donors (Lipinski definition) is 6. The van der Waals surface area contributed by atoms with Crippen molar-refractivity contribution in [2.24, 2.45) is 11.7 Å². The molecule has 2 fully saturated rings. The van der Waals surface area contributed by atoms with Crippen molar-refractivity contribution in [3.8, 4) is 0 Å². The van der Waals surface area contributed by atoms with Crippen molar-refractivity contribution in [3.63, 3.8) is 0 Å². The minimum Gasteiger partial charge on any atom is -0.396 e. The second-order valence-electron chi connectivity index (χ2n) is 7.58. The molecule has 0 aromatic carbocycles. The summed E-state index contributed by atoms with van der Waals surface area (Å²) >= 11 is 5.14. The summed E-state index contributed by atoms with van der Waals surface area (Å²) in [4.78, 5) is 11.3. The van der Waals surface area contributed by atoms with Gasteiger partial charge < -0.3 is 36.4 Å². The quantitative estimate of drug-likeness (QED) is 0.225. The van der Waals surface area contributed by atoms with Crippen LogP contribution in [0, 0.1) is 12.8 Å². The van der Waals surface area contributed by atoms with Gasteiger partial charge in [-0.05, 0) is 19.8 Å². The molecule has 3 unspecified atom stereocenters. The summed E-state index contributed by atoms with van der Waals surface area (Å²) in [6.07, 6.45) is -0.392. The molecule has 0 spiro atoms. The molecule has 1 aromatic heterocycles. The third-order valence-electron chi connectivity index (χ3n) is 5.55. The SMILES string of the molecule is Cc1nc(NCCN2CCOCC2)nc(NC2(O)CCC(CO)C2O)c1C(N)=S. The molecule has 0 amide bonds. The highest BCUT2D eigenvalue weighted by Crippen LogP contribution is 2.36. The number of morpholine rings is 1. The summed E-state index contributed by atoms with van der Waals surface area (Å²) in [5.74, 6) is 0.238. The number of aliphatic hydroxyl groups is 3. The van der Waals surface area contributed by atoms with Crippen LogP contribution in [0.25, 0.3) is 0 Å². The summed E-state index contributed by atoms with van der Waals surface area (Å²) in [6.45, 7) is 6.29. The molecule has 11 heteroatoms. The van der Waals surface area contributed by atoms with Crippen LogP contribution in [0.5, 0.6) is 0 Å². The van der Waals surface area contributed by atoms with Crippen molar-refractivity contribution in [2.75, 3.05) is 56.6 Å². The minimum atomic E-state index is -1.63. The third-order valence-corrected chi connectivity index (χ3v) is 5.76. The zero-order chi connectivity index (χ0) is 21.0. The Morgan fingerprint density at radius 1 is 1.38 bits per heavy atom. The van der Waals surface area contributed by atoms with Crippen LogP contribution in [0.2, 0.25) is 0 Å². The number of aromatic nitrogens is 2. The van der Waals surface area contributed by atoms with Crippen LogP contribution in [-0.4, -0.2) is 93.0 Å². The topological polar surface area (TPSA) is 149 Å². The Morgan fingerprint density at radius 2 is 2.10 bits per heavy atom. The van der Waals surface area contributed by atoms with E-state index in [-0.39, 0.29) is 23.8 Å². The fraction of sp³-hybridized carbons (Fsp3) is 0.722. The Bertz CT molecular complexity index is 733. The van der Waals surface area contributed by atoms with Crippen LogP contribution in [0.15, 0.2) is 0 Å². The van der Waals surface area contributed by atoms with Crippen LogP contribution >= 0.6 is 12.2 Å². The van der Waals surface area contributed by atoms with Gasteiger partial charge in [-0.3, -0.25) is 4.90 Å². The Kier molecular flexibility index (Phi) is 7.19. The molecule has 1 aliphatic carbocycles. The highest BCUT2D eigenvalue weighted by Gasteiger charge is 2.47. The van der Waals surface area contributed by atoms with Gasteiger partial charge in [0, 0.05) is 38.7 Å². The normalized spacial score (nSPS) is 27.7. The first kappa shape index (κ1) is 22.1. The average molecular weight is 427 g/mol. The maximum Gasteiger partial charge on any atom is 0.224 e. The number of hydrogen-bond acceptors (Lipinski definition) is 10. The second kappa shape index (κ2) is 9.45. The van der Waals surface area contributed by atoms with Crippen LogP contribution < -0.4 is 16.4 Å². The number of nitrogens with zero attached hydrogens (tertiary/aromatic N) is 3. The average Bonchev–Trinajstić information content (AvgIpc) is 2.96. The van der Waals surface area contributed by atoms with Gasteiger partial charge in [-0.1, -0.05) is 12.2 Å². The standard InChI is InChI=1S/C18H30N6O4S/c1-11-13(15(19)29)16(23-18(27)3-2-12(10-25)14(18)26)22-17(21-11)20-4-5-24-6-8-28-9-7-24/h12,14,25-27H,2-10H2,1H3,(H2,19,29)(H2,20,21,22,23). The fourth-order valence-electron chi connectivity index (χ4n) is 3.82. The van der Waals surface area contributed by atoms with Gasteiger partial charge in [-0.25, -0.2) is 4.98 Å². The van der Waals surface area contributed by atoms with E-state index in [0.717, 1.165) is 32.8 Å². The number of rotatable bonds is 8. The van der Waals surface area contributed by atoms with E-state index in [1.54, 1.807) is 6.92 Å². The lowest BCUT2D eigenvalue weighted by molar-refractivity contribution is -0.0545. The molecule has 1 saturated heterocycles. The molecule has 1 aromatic rings. The van der Waals surface area contributed by atoms with E-state index in [9.17, 15) is 15.3 Å². The van der Waals surface area contributed by atoms with Crippen LogP contribution in [0.3, 0.4) is 0 Å². The Hall–Kier alpha value is -1.63. The number of nitrogens with one attached hydrogen (secondary N) is 2. The largest absolute Gasteiger partial charge is 0.396 e. The molecule has 3 rings (SSSR count). The Balaban J connectivity index is 1.75. The highest BCUT2D eigenvalue weighted by atomic mass is 32.1. The molecular weight excluding hydrogens is 396 g/mol. The van der Waals surface area contributed by atoms with Crippen molar-refractivity contribution in [2.45, 2.75) is 31.6 Å². The molecule has 29 heavy (non-hydrogen) atoms. The van der Waals surface area contributed by atoms with E-state index >= 15 is 0 Å². The van der Waals surface area contributed by atoms with Crippen molar-refractivity contribution < 1.29 is 20.1 Å². The first-order valence-electron chi connectivity index (χ1n) is 9.86. The molecule has 10 nitrogen and oxygen atoms in total. The van der Waals surface area contributed by atoms with Crippen molar-refractivity contribution >= 4 is 29.0 Å². The maximum absolute atomic E-state index is 10.9. The van der Waals surface area contributed by atoms with Gasteiger partial charge in [0.2, 0.25) is 5.95 Å². The molecule has 3 atom stereocenters. The third kappa shape index (κ3) is 5.11. The Labute approximate surface area is 175 Å². The molecule has 1 saturated carbocycles. The predicted molar refractivity (Wildman–Crippen MR) is 113 cm³/mol. The zero-order valence-corrected chi connectivity index (χ0v) is 17.4. The number of aryl methyl sites for hydroxylation is 1. The molecule has 1 aliphatic heterocycles. The summed E-state index contributed by atoms with van der Waals surface area (Å²) in [7, 11) is 0. The van der Waals surface area contributed by atoms with E-state index in [4.69, 9.17) is 22.7 Å². The molecule has 0 radical (unpaired) electrons. The monoisotopic (exact) mass is 426 g/mol. The minimum absolute atomic E-state index is 0.0969. The molecule has 7 N–H and O–H groups in total. The summed E-state index contributed by atoms with van der Waals surface area (Å²) in [5, 5.41) is 36.8. The molecular formula is C18H30N6O4S. The van der Waals surface area contributed by atoms with Gasteiger partial charge in [0.15, 0.2) is 5.72 Å². The van der Waals surface area contributed by atoms with Crippen LogP contribution in [0.4, 0.5) is 11.8 Å². The zero-order valence-electron chi connectivity index (χ0n) is 16.6. The van der Waals surface area contributed by atoms with Crippen molar-refractivity contribution in [1.82, 2.24) is 14.9 Å². The predicted octanol–water partition coefficient (Wildman–Crippen LogP) is -0.973. The number of thiocarbonyl (C=S) groups is 1. The lowest BCUT2D eigenvalue weighted by Gasteiger charge is -2.31. The highest BCUT2D eigenvalue weighted by molar-refractivity contribution is 7.80. The van der Waals surface area contributed by atoms with Crippen molar-refractivity contribution in [3.05, 3.63) is 11.3 Å². The molecule has 162 valence electrons. The van der Waals surface area contributed by atoms with Crippen LogP contribution in [0.1, 0.15) is 24.1 Å². The lowest BCUT2D eigenvalue weighted by atomic mass is 10.0. The van der Waals surface area contributed by atoms with Gasteiger partial charge in [0.25, 0.3) is 0 Å². The second-order valence-corrected chi connectivity index (χ2v) is 8.02. The van der Waals surface area contributed by atoms with Gasteiger partial charge in [0.1, 0.15) is 16.9 Å². The number of anilines is 2. The molecule has 2 heterocycles.